The number of amides is 1. The zero-order valence-electron chi connectivity index (χ0n) is 12.7. The molecule has 1 aromatic carbocycles. The summed E-state index contributed by atoms with van der Waals surface area (Å²) in [5.41, 5.74) is 2.17. The number of aliphatic hydroxyl groups excluding tert-OH is 1. The second-order valence-electron chi connectivity index (χ2n) is 6.40. The first-order valence-electron chi connectivity index (χ1n) is 7.48. The third kappa shape index (κ3) is 3.04. The van der Waals surface area contributed by atoms with Gasteiger partial charge in [-0.1, -0.05) is 32.9 Å². The van der Waals surface area contributed by atoms with Gasteiger partial charge in [-0.3, -0.25) is 4.79 Å². The molecule has 1 aliphatic heterocycles. The SMILES string of the molecule is CCC(C)(C)c1ccc(C(=O)N2CCC(CO)C2)cc1. The highest BCUT2D eigenvalue weighted by Gasteiger charge is 2.26. The van der Waals surface area contributed by atoms with Gasteiger partial charge in [0.2, 0.25) is 0 Å². The van der Waals surface area contributed by atoms with Gasteiger partial charge < -0.3 is 10.0 Å². The summed E-state index contributed by atoms with van der Waals surface area (Å²) in [4.78, 5) is 14.2. The molecule has 0 bridgehead atoms. The van der Waals surface area contributed by atoms with Crippen LogP contribution in [0.1, 0.15) is 49.5 Å². The molecule has 2 rings (SSSR count). The van der Waals surface area contributed by atoms with E-state index in [1.807, 2.05) is 17.0 Å². The van der Waals surface area contributed by atoms with Gasteiger partial charge in [-0.05, 0) is 36.0 Å². The minimum atomic E-state index is 0.0850. The predicted octanol–water partition coefficient (Wildman–Crippen LogP) is 2.83. The number of aliphatic hydroxyl groups is 1. The van der Waals surface area contributed by atoms with Crippen LogP contribution < -0.4 is 0 Å². The normalized spacial score (nSPS) is 19.4. The van der Waals surface area contributed by atoms with E-state index in [9.17, 15) is 4.79 Å². The van der Waals surface area contributed by atoms with Crippen LogP contribution in [0.4, 0.5) is 0 Å². The van der Waals surface area contributed by atoms with Crippen molar-refractivity contribution >= 4 is 5.91 Å². The van der Waals surface area contributed by atoms with Crippen LogP contribution in [0.25, 0.3) is 0 Å². The van der Waals surface area contributed by atoms with Gasteiger partial charge in [0, 0.05) is 31.2 Å². The lowest BCUT2D eigenvalue weighted by atomic mass is 9.82. The van der Waals surface area contributed by atoms with Gasteiger partial charge in [0.25, 0.3) is 5.91 Å². The van der Waals surface area contributed by atoms with E-state index in [-0.39, 0.29) is 23.8 Å². The molecule has 1 N–H and O–H groups in total. The second kappa shape index (κ2) is 5.96. The van der Waals surface area contributed by atoms with Crippen molar-refractivity contribution in [2.24, 2.45) is 5.92 Å². The summed E-state index contributed by atoms with van der Waals surface area (Å²) >= 11 is 0. The molecular formula is C17H25NO2. The molecule has 0 aliphatic carbocycles. The number of nitrogens with zero attached hydrogens (tertiary/aromatic N) is 1. The predicted molar refractivity (Wildman–Crippen MR) is 80.9 cm³/mol. The zero-order valence-corrected chi connectivity index (χ0v) is 12.7. The van der Waals surface area contributed by atoms with E-state index >= 15 is 0 Å². The van der Waals surface area contributed by atoms with Crippen molar-refractivity contribution in [2.75, 3.05) is 19.7 Å². The van der Waals surface area contributed by atoms with E-state index in [2.05, 4.69) is 32.9 Å². The highest BCUT2D eigenvalue weighted by Crippen LogP contribution is 2.27. The van der Waals surface area contributed by atoms with E-state index in [0.717, 1.165) is 24.9 Å². The van der Waals surface area contributed by atoms with Gasteiger partial charge in [-0.15, -0.1) is 0 Å². The Morgan fingerprint density at radius 3 is 2.50 bits per heavy atom. The molecule has 1 aliphatic rings. The fourth-order valence-corrected chi connectivity index (χ4v) is 2.62. The number of carbonyl (C=O) groups is 1. The minimum absolute atomic E-state index is 0.0850. The Kier molecular flexibility index (Phi) is 4.48. The highest BCUT2D eigenvalue weighted by atomic mass is 16.3. The summed E-state index contributed by atoms with van der Waals surface area (Å²) < 4.78 is 0. The Bertz CT molecular complexity index is 464. The fourth-order valence-electron chi connectivity index (χ4n) is 2.62. The first-order valence-corrected chi connectivity index (χ1v) is 7.48. The molecule has 0 spiro atoms. The maximum Gasteiger partial charge on any atom is 0.253 e. The number of hydrogen-bond acceptors (Lipinski definition) is 2. The molecule has 1 atom stereocenters. The van der Waals surface area contributed by atoms with E-state index in [4.69, 9.17) is 5.11 Å². The molecule has 20 heavy (non-hydrogen) atoms. The molecule has 0 aromatic heterocycles. The van der Waals surface area contributed by atoms with Crippen molar-refractivity contribution in [2.45, 2.75) is 39.0 Å². The van der Waals surface area contributed by atoms with Gasteiger partial charge in [-0.2, -0.15) is 0 Å². The van der Waals surface area contributed by atoms with Crippen LogP contribution in [0.5, 0.6) is 0 Å². The van der Waals surface area contributed by atoms with Crippen molar-refractivity contribution in [3.63, 3.8) is 0 Å². The van der Waals surface area contributed by atoms with E-state index in [0.29, 0.717) is 6.54 Å². The zero-order chi connectivity index (χ0) is 14.8. The molecule has 1 fully saturated rings. The summed E-state index contributed by atoms with van der Waals surface area (Å²) in [6.07, 6.45) is 1.98. The highest BCUT2D eigenvalue weighted by molar-refractivity contribution is 5.94. The lowest BCUT2D eigenvalue weighted by Crippen LogP contribution is -2.29. The number of likely N-dealkylation sites (tertiary alicyclic amines) is 1. The van der Waals surface area contributed by atoms with E-state index in [1.165, 1.54) is 5.56 Å². The smallest absolute Gasteiger partial charge is 0.253 e. The number of benzene rings is 1. The number of carbonyl (C=O) groups excluding carboxylic acids is 1. The Morgan fingerprint density at radius 1 is 1.35 bits per heavy atom. The van der Waals surface area contributed by atoms with Crippen LogP contribution in [0.15, 0.2) is 24.3 Å². The minimum Gasteiger partial charge on any atom is -0.396 e. The van der Waals surface area contributed by atoms with Gasteiger partial charge in [0.05, 0.1) is 0 Å². The molecule has 1 unspecified atom stereocenters. The molecule has 110 valence electrons. The van der Waals surface area contributed by atoms with Crippen LogP contribution in [0.2, 0.25) is 0 Å². The third-order valence-electron chi connectivity index (χ3n) is 4.63. The van der Waals surface area contributed by atoms with Crippen molar-refractivity contribution in [1.82, 2.24) is 4.90 Å². The summed E-state index contributed by atoms with van der Waals surface area (Å²) in [5.74, 6) is 0.332. The quantitative estimate of drug-likeness (QED) is 0.918. The lowest BCUT2D eigenvalue weighted by Gasteiger charge is -2.24. The molecule has 1 heterocycles. The van der Waals surface area contributed by atoms with E-state index in [1.54, 1.807) is 0 Å². The fraction of sp³-hybridized carbons (Fsp3) is 0.588. The molecule has 3 heteroatoms. The van der Waals surface area contributed by atoms with Gasteiger partial charge in [0.1, 0.15) is 0 Å². The maximum atomic E-state index is 12.4. The largest absolute Gasteiger partial charge is 0.396 e. The summed E-state index contributed by atoms with van der Waals surface area (Å²) in [7, 11) is 0. The van der Waals surface area contributed by atoms with Crippen molar-refractivity contribution in [3.05, 3.63) is 35.4 Å². The van der Waals surface area contributed by atoms with Crippen molar-refractivity contribution < 1.29 is 9.90 Å². The molecule has 0 radical (unpaired) electrons. The maximum absolute atomic E-state index is 12.4. The van der Waals surface area contributed by atoms with Crippen molar-refractivity contribution in [3.8, 4) is 0 Å². The summed E-state index contributed by atoms with van der Waals surface area (Å²) in [6.45, 7) is 8.22. The molecule has 1 aromatic rings. The Morgan fingerprint density at radius 2 is 2.00 bits per heavy atom. The number of hydrogen-bond donors (Lipinski definition) is 1. The Balaban J connectivity index is 2.09. The van der Waals surface area contributed by atoms with Gasteiger partial charge in [-0.25, -0.2) is 0 Å². The van der Waals surface area contributed by atoms with Crippen molar-refractivity contribution in [1.29, 1.82) is 0 Å². The molecule has 3 nitrogen and oxygen atoms in total. The third-order valence-corrected chi connectivity index (χ3v) is 4.63. The first kappa shape index (κ1) is 15.0. The second-order valence-corrected chi connectivity index (χ2v) is 6.40. The molecule has 0 saturated carbocycles. The Labute approximate surface area is 121 Å². The van der Waals surface area contributed by atoms with Crippen LogP contribution >= 0.6 is 0 Å². The monoisotopic (exact) mass is 275 g/mol. The van der Waals surface area contributed by atoms with Crippen LogP contribution in [-0.2, 0) is 5.41 Å². The van der Waals surface area contributed by atoms with Crippen LogP contribution in [0.3, 0.4) is 0 Å². The number of rotatable bonds is 4. The molecule has 1 amide bonds. The average Bonchev–Trinajstić information content (AvgIpc) is 2.95. The topological polar surface area (TPSA) is 40.5 Å². The van der Waals surface area contributed by atoms with Gasteiger partial charge >= 0.3 is 0 Å². The molecule has 1 saturated heterocycles. The van der Waals surface area contributed by atoms with Crippen LogP contribution in [-0.4, -0.2) is 35.6 Å². The van der Waals surface area contributed by atoms with Gasteiger partial charge in [0.15, 0.2) is 0 Å². The molecular weight excluding hydrogens is 250 g/mol. The van der Waals surface area contributed by atoms with Crippen LogP contribution in [0, 0.1) is 5.92 Å². The Hall–Kier alpha value is -1.35. The average molecular weight is 275 g/mol. The van der Waals surface area contributed by atoms with E-state index < -0.39 is 0 Å². The first-order chi connectivity index (χ1) is 9.47. The standard InChI is InChI=1S/C17H25NO2/c1-4-17(2,3)15-7-5-14(6-8-15)16(20)18-10-9-13(11-18)12-19/h5-8,13,19H,4,9-12H2,1-3H3. The summed E-state index contributed by atoms with van der Waals surface area (Å²) in [5, 5.41) is 9.15. The summed E-state index contributed by atoms with van der Waals surface area (Å²) in [6, 6.07) is 8.00. The lowest BCUT2D eigenvalue weighted by molar-refractivity contribution is 0.0782.